The SMILES string of the molecule is CC(C)(C)S/N=C/c1ccco1. The first-order chi connectivity index (χ1) is 5.58. The lowest BCUT2D eigenvalue weighted by Crippen LogP contribution is -2.04. The van der Waals surface area contributed by atoms with Gasteiger partial charge in [0.15, 0.2) is 0 Å². The standard InChI is InChI=1S/C9H13NOS/c1-9(2,3)12-10-7-8-5-4-6-11-8/h4-7H,1-3H3/b10-7+. The molecule has 1 aromatic heterocycles. The van der Waals surface area contributed by atoms with Gasteiger partial charge in [-0.15, -0.1) is 0 Å². The lowest BCUT2D eigenvalue weighted by molar-refractivity contribution is 0.560. The summed E-state index contributed by atoms with van der Waals surface area (Å²) in [5, 5.41) is 0. The Labute approximate surface area is 77.2 Å². The van der Waals surface area contributed by atoms with Gasteiger partial charge in [-0.05, 0) is 44.9 Å². The van der Waals surface area contributed by atoms with Crippen molar-refractivity contribution in [3.63, 3.8) is 0 Å². The van der Waals surface area contributed by atoms with Crippen LogP contribution in [0.25, 0.3) is 0 Å². The Morgan fingerprint density at radius 2 is 2.25 bits per heavy atom. The molecule has 0 aliphatic rings. The highest BCUT2D eigenvalue weighted by molar-refractivity contribution is 7.99. The van der Waals surface area contributed by atoms with E-state index in [1.165, 1.54) is 0 Å². The molecule has 66 valence electrons. The van der Waals surface area contributed by atoms with Crippen molar-refractivity contribution in [3.8, 4) is 0 Å². The molecular formula is C9H13NOS. The molecule has 0 saturated heterocycles. The zero-order valence-corrected chi connectivity index (χ0v) is 8.39. The molecule has 0 amide bonds. The van der Waals surface area contributed by atoms with E-state index in [9.17, 15) is 0 Å². The highest BCUT2D eigenvalue weighted by Crippen LogP contribution is 2.23. The fourth-order valence-corrected chi connectivity index (χ4v) is 1.07. The van der Waals surface area contributed by atoms with E-state index in [1.54, 1.807) is 24.4 Å². The Morgan fingerprint density at radius 1 is 1.50 bits per heavy atom. The Balaban J connectivity index is 2.42. The summed E-state index contributed by atoms with van der Waals surface area (Å²) in [5.41, 5.74) is 0. The van der Waals surface area contributed by atoms with Gasteiger partial charge in [0.1, 0.15) is 5.76 Å². The van der Waals surface area contributed by atoms with Gasteiger partial charge in [0, 0.05) is 4.75 Å². The van der Waals surface area contributed by atoms with Gasteiger partial charge in [-0.2, -0.15) is 0 Å². The smallest absolute Gasteiger partial charge is 0.145 e. The summed E-state index contributed by atoms with van der Waals surface area (Å²) in [5.74, 6) is 0.798. The molecule has 0 spiro atoms. The minimum Gasteiger partial charge on any atom is -0.463 e. The lowest BCUT2D eigenvalue weighted by atomic mass is 10.3. The molecule has 0 atom stereocenters. The van der Waals surface area contributed by atoms with E-state index in [0.29, 0.717) is 0 Å². The Hall–Kier alpha value is -0.700. The van der Waals surface area contributed by atoms with Crippen molar-refractivity contribution in [2.24, 2.45) is 4.40 Å². The molecule has 0 bridgehead atoms. The van der Waals surface area contributed by atoms with Crippen LogP contribution in [-0.4, -0.2) is 11.0 Å². The van der Waals surface area contributed by atoms with Gasteiger partial charge in [-0.3, -0.25) is 0 Å². The second-order valence-electron chi connectivity index (χ2n) is 3.45. The number of hydrogen-bond donors (Lipinski definition) is 0. The normalized spacial score (nSPS) is 12.6. The van der Waals surface area contributed by atoms with Crippen LogP contribution < -0.4 is 0 Å². The highest BCUT2D eigenvalue weighted by atomic mass is 32.2. The second-order valence-corrected chi connectivity index (χ2v) is 5.07. The van der Waals surface area contributed by atoms with Crippen LogP contribution in [0, 0.1) is 0 Å². The maximum Gasteiger partial charge on any atom is 0.145 e. The number of furan rings is 1. The van der Waals surface area contributed by atoms with Crippen molar-refractivity contribution in [2.75, 3.05) is 0 Å². The molecule has 0 unspecified atom stereocenters. The Bertz CT molecular complexity index is 246. The predicted molar refractivity (Wildman–Crippen MR) is 53.6 cm³/mol. The molecule has 0 saturated carbocycles. The molecule has 0 N–H and O–H groups in total. The zero-order chi connectivity index (χ0) is 9.03. The third-order valence-electron chi connectivity index (χ3n) is 1.05. The minimum absolute atomic E-state index is 0.170. The summed E-state index contributed by atoms with van der Waals surface area (Å²) in [6.07, 6.45) is 3.37. The first kappa shape index (κ1) is 9.39. The van der Waals surface area contributed by atoms with Gasteiger partial charge in [0.25, 0.3) is 0 Å². The highest BCUT2D eigenvalue weighted by Gasteiger charge is 2.08. The Morgan fingerprint density at radius 3 is 2.75 bits per heavy atom. The molecule has 1 rings (SSSR count). The van der Waals surface area contributed by atoms with Crippen LogP contribution in [0.2, 0.25) is 0 Å². The van der Waals surface area contributed by atoms with Gasteiger partial charge in [0.2, 0.25) is 0 Å². The van der Waals surface area contributed by atoms with Crippen LogP contribution in [0.5, 0.6) is 0 Å². The largest absolute Gasteiger partial charge is 0.463 e. The number of nitrogens with zero attached hydrogens (tertiary/aromatic N) is 1. The van der Waals surface area contributed by atoms with Crippen LogP contribution in [0.15, 0.2) is 27.2 Å². The molecule has 0 fully saturated rings. The fourth-order valence-electron chi connectivity index (χ4n) is 0.601. The van der Waals surface area contributed by atoms with Crippen molar-refractivity contribution < 1.29 is 4.42 Å². The summed E-state index contributed by atoms with van der Waals surface area (Å²) in [6, 6.07) is 3.73. The lowest BCUT2D eigenvalue weighted by Gasteiger charge is -2.11. The van der Waals surface area contributed by atoms with Crippen molar-refractivity contribution >= 4 is 18.2 Å². The molecule has 0 aromatic carbocycles. The number of rotatable bonds is 2. The molecule has 2 nitrogen and oxygen atoms in total. The van der Waals surface area contributed by atoms with E-state index in [2.05, 4.69) is 25.2 Å². The van der Waals surface area contributed by atoms with Gasteiger partial charge in [0.05, 0.1) is 12.5 Å². The van der Waals surface area contributed by atoms with E-state index in [-0.39, 0.29) is 4.75 Å². The first-order valence-corrected chi connectivity index (χ1v) is 4.60. The monoisotopic (exact) mass is 183 g/mol. The van der Waals surface area contributed by atoms with Gasteiger partial charge >= 0.3 is 0 Å². The van der Waals surface area contributed by atoms with Gasteiger partial charge in [-0.25, -0.2) is 4.40 Å². The van der Waals surface area contributed by atoms with Crippen LogP contribution in [0.4, 0.5) is 0 Å². The van der Waals surface area contributed by atoms with Crippen LogP contribution >= 0.6 is 11.9 Å². The Kier molecular flexibility index (Phi) is 2.98. The predicted octanol–water partition coefficient (Wildman–Crippen LogP) is 3.15. The molecule has 0 aliphatic heterocycles. The van der Waals surface area contributed by atoms with Crippen molar-refractivity contribution in [1.29, 1.82) is 0 Å². The van der Waals surface area contributed by atoms with Crippen LogP contribution in [0.1, 0.15) is 26.5 Å². The van der Waals surface area contributed by atoms with Crippen LogP contribution in [-0.2, 0) is 0 Å². The first-order valence-electron chi connectivity index (χ1n) is 3.83. The van der Waals surface area contributed by atoms with E-state index >= 15 is 0 Å². The quantitative estimate of drug-likeness (QED) is 0.520. The zero-order valence-electron chi connectivity index (χ0n) is 7.57. The molecule has 1 aromatic rings. The maximum atomic E-state index is 5.09. The van der Waals surface area contributed by atoms with Gasteiger partial charge in [-0.1, -0.05) is 0 Å². The van der Waals surface area contributed by atoms with E-state index < -0.39 is 0 Å². The molecule has 1 heterocycles. The molecular weight excluding hydrogens is 170 g/mol. The molecule has 0 radical (unpaired) electrons. The van der Waals surface area contributed by atoms with Crippen molar-refractivity contribution in [2.45, 2.75) is 25.5 Å². The summed E-state index contributed by atoms with van der Waals surface area (Å²) >= 11 is 1.54. The molecule has 12 heavy (non-hydrogen) atoms. The maximum absolute atomic E-state index is 5.09. The minimum atomic E-state index is 0.170. The summed E-state index contributed by atoms with van der Waals surface area (Å²) in [6.45, 7) is 6.37. The van der Waals surface area contributed by atoms with Crippen molar-refractivity contribution in [3.05, 3.63) is 24.2 Å². The summed E-state index contributed by atoms with van der Waals surface area (Å²) < 4.78 is 9.44. The van der Waals surface area contributed by atoms with Crippen LogP contribution in [0.3, 0.4) is 0 Å². The summed E-state index contributed by atoms with van der Waals surface area (Å²) in [4.78, 5) is 0. The fraction of sp³-hybridized carbons (Fsp3) is 0.444. The number of hydrogen-bond acceptors (Lipinski definition) is 3. The van der Waals surface area contributed by atoms with E-state index in [0.717, 1.165) is 5.76 Å². The average molecular weight is 183 g/mol. The molecule has 3 heteroatoms. The van der Waals surface area contributed by atoms with Crippen molar-refractivity contribution in [1.82, 2.24) is 0 Å². The topological polar surface area (TPSA) is 25.5 Å². The average Bonchev–Trinajstić information content (AvgIpc) is 2.36. The van der Waals surface area contributed by atoms with E-state index in [4.69, 9.17) is 4.42 Å². The van der Waals surface area contributed by atoms with Gasteiger partial charge < -0.3 is 4.42 Å². The third-order valence-corrected chi connectivity index (χ3v) is 1.81. The third kappa shape index (κ3) is 3.62. The second kappa shape index (κ2) is 3.81. The molecule has 0 aliphatic carbocycles. The summed E-state index contributed by atoms with van der Waals surface area (Å²) in [7, 11) is 0. The van der Waals surface area contributed by atoms with E-state index in [1.807, 2.05) is 12.1 Å².